The van der Waals surface area contributed by atoms with Crippen molar-refractivity contribution in [1.82, 2.24) is 4.90 Å². The van der Waals surface area contributed by atoms with Crippen molar-refractivity contribution in [3.8, 4) is 0 Å². The summed E-state index contributed by atoms with van der Waals surface area (Å²) in [6, 6.07) is 10.6. The molecule has 3 N–H and O–H groups in total. The van der Waals surface area contributed by atoms with E-state index in [1.165, 1.54) is 35.2 Å². The molecule has 2 aliphatic rings. The molecule has 2 saturated heterocycles. The van der Waals surface area contributed by atoms with Gasteiger partial charge in [-0.25, -0.2) is 17.6 Å². The number of benzene rings is 2. The van der Waals surface area contributed by atoms with E-state index >= 15 is 0 Å². The summed E-state index contributed by atoms with van der Waals surface area (Å²) in [5.41, 5.74) is 7.07. The van der Waals surface area contributed by atoms with Gasteiger partial charge in [0.1, 0.15) is 11.9 Å². The van der Waals surface area contributed by atoms with Crippen LogP contribution in [0.25, 0.3) is 0 Å². The number of amides is 2. The van der Waals surface area contributed by atoms with Gasteiger partial charge in [0.2, 0.25) is 15.9 Å². The Hall–Kier alpha value is -3.71. The highest BCUT2D eigenvalue weighted by Gasteiger charge is 2.32. The maximum atomic E-state index is 14.9. The maximum Gasteiger partial charge on any atom is 0.414 e. The average molecular weight is 548 g/mol. The van der Waals surface area contributed by atoms with Gasteiger partial charge in [0.25, 0.3) is 0 Å². The monoisotopic (exact) mass is 547 g/mol. The van der Waals surface area contributed by atoms with Crippen LogP contribution in [-0.4, -0.2) is 82.7 Å². The summed E-state index contributed by atoms with van der Waals surface area (Å²) in [6.45, 7) is 2.08. The highest BCUT2D eigenvalue weighted by molar-refractivity contribution is 7.92. The lowest BCUT2D eigenvalue weighted by Gasteiger charge is -2.36. The van der Waals surface area contributed by atoms with Gasteiger partial charge in [-0.2, -0.15) is 0 Å². The predicted molar refractivity (Wildman–Crippen MR) is 140 cm³/mol. The molecule has 1 atom stereocenters. The first-order valence-corrected chi connectivity index (χ1v) is 14.0. The Morgan fingerprint density at radius 3 is 2.34 bits per heavy atom. The Kier molecular flexibility index (Phi) is 8.17. The number of carbonyl (C=O) groups is 3. The van der Waals surface area contributed by atoms with Gasteiger partial charge in [-0.3, -0.25) is 19.2 Å². The van der Waals surface area contributed by atoms with Crippen LogP contribution in [0.3, 0.4) is 0 Å². The minimum absolute atomic E-state index is 0.0257. The van der Waals surface area contributed by atoms with E-state index in [2.05, 4.69) is 4.72 Å². The molecule has 0 radical (unpaired) electrons. The van der Waals surface area contributed by atoms with E-state index in [0.717, 1.165) is 6.26 Å². The number of ether oxygens (including phenoxy) is 1. The molecule has 0 saturated carbocycles. The topological polar surface area (TPSA) is 142 Å². The first-order chi connectivity index (χ1) is 18.0. The number of hydrogen-bond acceptors (Lipinski definition) is 8. The van der Waals surface area contributed by atoms with Crippen molar-refractivity contribution in [2.24, 2.45) is 5.73 Å². The van der Waals surface area contributed by atoms with Gasteiger partial charge in [-0.15, -0.1) is 0 Å². The molecule has 13 heteroatoms. The smallest absolute Gasteiger partial charge is 0.414 e. The van der Waals surface area contributed by atoms with E-state index in [0.29, 0.717) is 48.8 Å². The number of nitrogens with one attached hydrogen (secondary N) is 1. The molecule has 204 valence electrons. The second kappa shape index (κ2) is 11.4. The van der Waals surface area contributed by atoms with Crippen LogP contribution in [0, 0.1) is 5.82 Å². The van der Waals surface area contributed by atoms with Crippen molar-refractivity contribution < 1.29 is 31.9 Å². The number of carbonyl (C=O) groups excluding carboxylic acids is 3. The van der Waals surface area contributed by atoms with Gasteiger partial charge in [-0.05, 0) is 42.5 Å². The molecular formula is C25H30FN5O6S. The molecule has 2 aliphatic heterocycles. The lowest BCUT2D eigenvalue weighted by molar-refractivity contribution is -0.131. The van der Waals surface area contributed by atoms with Gasteiger partial charge in [0, 0.05) is 56.8 Å². The van der Waals surface area contributed by atoms with E-state index in [9.17, 15) is 27.2 Å². The molecule has 2 fully saturated rings. The molecule has 11 nitrogen and oxygen atoms in total. The summed E-state index contributed by atoms with van der Waals surface area (Å²) in [5.74, 6) is -0.856. The van der Waals surface area contributed by atoms with E-state index in [1.807, 2.05) is 4.90 Å². The van der Waals surface area contributed by atoms with Crippen molar-refractivity contribution in [3.63, 3.8) is 0 Å². The third-order valence-electron chi connectivity index (χ3n) is 6.43. The molecule has 0 aromatic heterocycles. The predicted octanol–water partition coefficient (Wildman–Crippen LogP) is 1.79. The molecule has 0 spiro atoms. The molecule has 0 bridgehead atoms. The minimum Gasteiger partial charge on any atom is -0.443 e. The number of nitrogens with two attached hydrogens (primary N) is 1. The van der Waals surface area contributed by atoms with Gasteiger partial charge in [0.05, 0.1) is 24.2 Å². The number of rotatable bonds is 9. The largest absolute Gasteiger partial charge is 0.443 e. The normalized spacial score (nSPS) is 17.9. The first kappa shape index (κ1) is 27.3. The molecule has 2 amide bonds. The Bertz CT molecular complexity index is 1310. The van der Waals surface area contributed by atoms with Crippen LogP contribution in [0.2, 0.25) is 0 Å². The lowest BCUT2D eigenvalue weighted by Crippen LogP contribution is -2.49. The van der Waals surface area contributed by atoms with E-state index in [1.54, 1.807) is 17.0 Å². The number of ketones is 1. The number of anilines is 3. The average Bonchev–Trinajstić information content (AvgIpc) is 3.27. The summed E-state index contributed by atoms with van der Waals surface area (Å²) in [7, 11) is -3.41. The molecule has 2 aromatic rings. The van der Waals surface area contributed by atoms with E-state index in [4.69, 9.17) is 10.5 Å². The fourth-order valence-corrected chi connectivity index (χ4v) is 5.00. The minimum atomic E-state index is -3.41. The summed E-state index contributed by atoms with van der Waals surface area (Å²) in [6.07, 6.45) is 0.129. The zero-order chi connectivity index (χ0) is 27.4. The number of sulfonamides is 1. The highest BCUT2D eigenvalue weighted by Crippen LogP contribution is 2.28. The van der Waals surface area contributed by atoms with Gasteiger partial charge in [-0.1, -0.05) is 0 Å². The highest BCUT2D eigenvalue weighted by atomic mass is 32.2. The number of piperazine rings is 1. The summed E-state index contributed by atoms with van der Waals surface area (Å²) in [4.78, 5) is 42.0. The molecule has 0 unspecified atom stereocenters. The van der Waals surface area contributed by atoms with Crippen molar-refractivity contribution >= 4 is 44.9 Å². The molecule has 0 aliphatic carbocycles. The second-order valence-corrected chi connectivity index (χ2v) is 11.0. The molecule has 2 heterocycles. The molecule has 2 aromatic carbocycles. The van der Waals surface area contributed by atoms with Crippen LogP contribution in [-0.2, 0) is 19.6 Å². The van der Waals surface area contributed by atoms with Crippen LogP contribution in [0.1, 0.15) is 23.2 Å². The third-order valence-corrected chi connectivity index (χ3v) is 7.04. The van der Waals surface area contributed by atoms with Crippen LogP contribution in [0.5, 0.6) is 0 Å². The van der Waals surface area contributed by atoms with Crippen molar-refractivity contribution in [3.05, 3.63) is 53.8 Å². The van der Waals surface area contributed by atoms with E-state index in [-0.39, 0.29) is 37.6 Å². The molecular weight excluding hydrogens is 517 g/mol. The number of nitrogens with zero attached hydrogens (tertiary/aromatic N) is 3. The van der Waals surface area contributed by atoms with Crippen LogP contribution < -0.4 is 20.3 Å². The van der Waals surface area contributed by atoms with Crippen molar-refractivity contribution in [2.75, 3.05) is 60.0 Å². The van der Waals surface area contributed by atoms with Crippen LogP contribution in [0.15, 0.2) is 42.5 Å². The zero-order valence-electron chi connectivity index (χ0n) is 20.9. The van der Waals surface area contributed by atoms with Crippen LogP contribution >= 0.6 is 0 Å². The van der Waals surface area contributed by atoms with Gasteiger partial charge >= 0.3 is 6.09 Å². The fraction of sp³-hybridized carbons (Fsp3) is 0.400. The fourth-order valence-electron chi connectivity index (χ4n) is 4.43. The number of cyclic esters (lactones) is 1. The Morgan fingerprint density at radius 2 is 1.76 bits per heavy atom. The Labute approximate surface area is 220 Å². The Balaban J connectivity index is 1.26. The molecule has 38 heavy (non-hydrogen) atoms. The summed E-state index contributed by atoms with van der Waals surface area (Å²) in [5, 5.41) is 0. The lowest BCUT2D eigenvalue weighted by atomic mass is 10.1. The van der Waals surface area contributed by atoms with Gasteiger partial charge in [0.15, 0.2) is 5.78 Å². The Morgan fingerprint density at radius 1 is 1.08 bits per heavy atom. The van der Waals surface area contributed by atoms with E-state index < -0.39 is 28.0 Å². The number of halogens is 1. The van der Waals surface area contributed by atoms with Crippen molar-refractivity contribution in [1.29, 1.82) is 0 Å². The van der Waals surface area contributed by atoms with Crippen molar-refractivity contribution in [2.45, 2.75) is 18.9 Å². The number of hydrogen-bond donors (Lipinski definition) is 2. The summed E-state index contributed by atoms with van der Waals surface area (Å²) >= 11 is 0. The maximum absolute atomic E-state index is 14.9. The van der Waals surface area contributed by atoms with Gasteiger partial charge < -0.3 is 20.3 Å². The SMILES string of the molecule is CS(=O)(=O)Nc1ccc(C(=O)CCC(=O)N2CCN(c3ccc(N4C[C@H](CN)OC4=O)cc3F)CC2)cc1. The first-order valence-electron chi connectivity index (χ1n) is 12.2. The second-order valence-electron chi connectivity index (χ2n) is 9.23. The summed E-state index contributed by atoms with van der Waals surface area (Å²) < 4.78 is 45.0. The number of Topliss-reactive ketones (excluding diaryl/α,β-unsaturated/α-hetero) is 1. The standard InChI is InChI=1S/C25H30FN5O6S/c1-38(35,36)28-18-4-2-17(3-5-18)23(32)8-9-24(33)30-12-10-29(11-13-30)22-7-6-19(14-21(22)26)31-16-20(15-27)37-25(31)34/h2-7,14,20,28H,8-13,15-16,27H2,1H3/t20-/m0/s1. The molecule has 4 rings (SSSR count). The zero-order valence-corrected chi connectivity index (χ0v) is 21.7. The third kappa shape index (κ3) is 6.58. The van der Waals surface area contributed by atoms with Crippen LogP contribution in [0.4, 0.5) is 26.2 Å². The quantitative estimate of drug-likeness (QED) is 0.453.